The minimum atomic E-state index is -0.231. The summed E-state index contributed by atoms with van der Waals surface area (Å²) in [6, 6.07) is 20.6. The third kappa shape index (κ3) is 3.91. The van der Waals surface area contributed by atoms with E-state index in [9.17, 15) is 9.18 Å². The summed E-state index contributed by atoms with van der Waals surface area (Å²) >= 11 is 1.60. The van der Waals surface area contributed by atoms with Crippen molar-refractivity contribution < 1.29 is 9.18 Å². The molecule has 32 heavy (non-hydrogen) atoms. The van der Waals surface area contributed by atoms with Crippen LogP contribution >= 0.6 is 11.3 Å². The first-order valence-corrected chi connectivity index (χ1v) is 11.5. The number of nitrogens with zero attached hydrogens (tertiary/aromatic N) is 4. The van der Waals surface area contributed by atoms with Crippen LogP contribution in [0.25, 0.3) is 16.3 Å². The molecular formula is C25H23FN4OS. The van der Waals surface area contributed by atoms with Gasteiger partial charge in [0, 0.05) is 26.2 Å². The monoisotopic (exact) mass is 446 g/mol. The first-order chi connectivity index (χ1) is 15.6. The number of anilines is 1. The molecule has 3 heterocycles. The number of carbonyl (C=O) groups is 1. The number of rotatable bonds is 4. The largest absolute Gasteiger partial charge is 0.366 e. The Morgan fingerprint density at radius 3 is 2.41 bits per heavy atom. The van der Waals surface area contributed by atoms with Crippen LogP contribution in [-0.4, -0.2) is 46.8 Å². The maximum absolute atomic E-state index is 14.2. The van der Waals surface area contributed by atoms with Crippen molar-refractivity contribution in [2.75, 3.05) is 31.1 Å². The number of aryl methyl sites for hydroxylation is 1. The first-order valence-electron chi connectivity index (χ1n) is 10.6. The summed E-state index contributed by atoms with van der Waals surface area (Å²) in [4.78, 5) is 18.4. The van der Waals surface area contributed by atoms with E-state index >= 15 is 0 Å². The molecule has 0 N–H and O–H groups in total. The summed E-state index contributed by atoms with van der Waals surface area (Å²) in [7, 11) is 0. The van der Waals surface area contributed by atoms with Crippen LogP contribution in [0.4, 0.5) is 10.1 Å². The molecule has 0 aliphatic carbocycles. The van der Waals surface area contributed by atoms with E-state index < -0.39 is 0 Å². The molecule has 0 atom stereocenters. The van der Waals surface area contributed by atoms with Crippen LogP contribution in [0.15, 0.2) is 72.1 Å². The number of aromatic nitrogens is 2. The van der Waals surface area contributed by atoms with Gasteiger partial charge in [-0.05, 0) is 48.7 Å². The molecule has 2 aromatic heterocycles. The van der Waals surface area contributed by atoms with Gasteiger partial charge in [0.1, 0.15) is 17.2 Å². The molecule has 0 spiro atoms. The van der Waals surface area contributed by atoms with E-state index in [1.165, 1.54) is 6.07 Å². The molecule has 2 aromatic carbocycles. The summed E-state index contributed by atoms with van der Waals surface area (Å²) in [5, 5.41) is 6.77. The van der Waals surface area contributed by atoms with Crippen molar-refractivity contribution in [3.05, 3.63) is 89.2 Å². The Bertz CT molecular complexity index is 1230. The third-order valence-electron chi connectivity index (χ3n) is 5.74. The fraction of sp³-hybridized carbons (Fsp3) is 0.200. The molecule has 5 rings (SSSR count). The Morgan fingerprint density at radius 1 is 0.969 bits per heavy atom. The van der Waals surface area contributed by atoms with E-state index in [1.54, 1.807) is 28.2 Å². The predicted molar refractivity (Wildman–Crippen MR) is 126 cm³/mol. The normalized spacial score (nSPS) is 14.1. The van der Waals surface area contributed by atoms with Crippen molar-refractivity contribution in [3.63, 3.8) is 0 Å². The van der Waals surface area contributed by atoms with Gasteiger partial charge in [-0.15, -0.1) is 11.3 Å². The molecule has 0 unspecified atom stereocenters. The molecule has 0 radical (unpaired) electrons. The molecular weight excluding hydrogens is 423 g/mol. The zero-order chi connectivity index (χ0) is 22.1. The lowest BCUT2D eigenvalue weighted by molar-refractivity contribution is 0.0737. The number of halogens is 1. The molecule has 5 nitrogen and oxygen atoms in total. The summed E-state index contributed by atoms with van der Waals surface area (Å²) in [6.45, 7) is 4.26. The van der Waals surface area contributed by atoms with Gasteiger partial charge >= 0.3 is 0 Å². The van der Waals surface area contributed by atoms with Crippen LogP contribution in [0.3, 0.4) is 0 Å². The zero-order valence-electron chi connectivity index (χ0n) is 17.7. The molecule has 0 saturated carbocycles. The van der Waals surface area contributed by atoms with Crippen molar-refractivity contribution in [3.8, 4) is 16.3 Å². The third-order valence-corrected chi connectivity index (χ3v) is 6.63. The van der Waals surface area contributed by atoms with Gasteiger partial charge in [0.25, 0.3) is 5.91 Å². The number of piperazine rings is 1. The Labute approximate surface area is 190 Å². The Kier molecular flexibility index (Phi) is 5.49. The van der Waals surface area contributed by atoms with E-state index in [-0.39, 0.29) is 11.7 Å². The maximum Gasteiger partial charge on any atom is 0.272 e. The van der Waals surface area contributed by atoms with E-state index in [4.69, 9.17) is 5.10 Å². The fourth-order valence-corrected chi connectivity index (χ4v) is 4.66. The standard InChI is InChI=1S/C25H23FN4OS/c1-18-8-10-19(11-9-18)30-23(17-21(27-30)24-7-4-16-32-24)25(31)29-14-12-28(13-15-29)22-6-3-2-5-20(22)26/h2-11,16-17H,12-15H2,1H3. The van der Waals surface area contributed by atoms with Crippen LogP contribution in [0.1, 0.15) is 16.1 Å². The topological polar surface area (TPSA) is 41.4 Å². The van der Waals surface area contributed by atoms with Crippen molar-refractivity contribution in [1.82, 2.24) is 14.7 Å². The lowest BCUT2D eigenvalue weighted by Crippen LogP contribution is -2.49. The highest BCUT2D eigenvalue weighted by Gasteiger charge is 2.27. The Hall–Kier alpha value is -3.45. The number of thiophene rings is 1. The second-order valence-electron chi connectivity index (χ2n) is 7.87. The van der Waals surface area contributed by atoms with E-state index in [2.05, 4.69) is 0 Å². The van der Waals surface area contributed by atoms with Crippen molar-refractivity contribution in [1.29, 1.82) is 0 Å². The quantitative estimate of drug-likeness (QED) is 0.443. The number of carbonyl (C=O) groups excluding carboxylic acids is 1. The summed E-state index contributed by atoms with van der Waals surface area (Å²) in [5.74, 6) is -0.292. The molecule has 1 fully saturated rings. The van der Waals surface area contributed by atoms with Gasteiger partial charge in [-0.25, -0.2) is 9.07 Å². The van der Waals surface area contributed by atoms with Crippen molar-refractivity contribution in [2.45, 2.75) is 6.92 Å². The maximum atomic E-state index is 14.2. The van der Waals surface area contributed by atoms with Crippen LogP contribution in [0.5, 0.6) is 0 Å². The molecule has 1 aliphatic heterocycles. The predicted octanol–water partition coefficient (Wildman–Crippen LogP) is 5.01. The summed E-state index contributed by atoms with van der Waals surface area (Å²) < 4.78 is 15.9. The molecule has 0 bridgehead atoms. The van der Waals surface area contributed by atoms with Gasteiger partial charge in [0.15, 0.2) is 0 Å². The van der Waals surface area contributed by atoms with E-state index in [0.717, 1.165) is 21.8 Å². The van der Waals surface area contributed by atoms with Gasteiger partial charge in [-0.2, -0.15) is 5.10 Å². The zero-order valence-corrected chi connectivity index (χ0v) is 18.6. The molecule has 1 amide bonds. The first kappa shape index (κ1) is 20.5. The number of hydrogen-bond donors (Lipinski definition) is 0. The van der Waals surface area contributed by atoms with Gasteiger partial charge in [-0.1, -0.05) is 35.9 Å². The molecule has 162 valence electrons. The summed E-state index contributed by atoms with van der Waals surface area (Å²) in [6.07, 6.45) is 0. The van der Waals surface area contributed by atoms with Gasteiger partial charge in [0.2, 0.25) is 0 Å². The lowest BCUT2D eigenvalue weighted by Gasteiger charge is -2.36. The summed E-state index contributed by atoms with van der Waals surface area (Å²) in [5.41, 5.74) is 3.91. The van der Waals surface area contributed by atoms with Crippen LogP contribution in [0.2, 0.25) is 0 Å². The van der Waals surface area contributed by atoms with Crippen molar-refractivity contribution in [2.24, 2.45) is 0 Å². The van der Waals surface area contributed by atoms with Gasteiger partial charge < -0.3 is 9.80 Å². The van der Waals surface area contributed by atoms with E-state index in [0.29, 0.717) is 37.6 Å². The number of amides is 1. The lowest BCUT2D eigenvalue weighted by atomic mass is 10.2. The van der Waals surface area contributed by atoms with Gasteiger partial charge in [-0.3, -0.25) is 4.79 Å². The Morgan fingerprint density at radius 2 is 1.72 bits per heavy atom. The average Bonchev–Trinajstić information content (AvgIpc) is 3.50. The molecule has 7 heteroatoms. The minimum Gasteiger partial charge on any atom is -0.366 e. The van der Waals surface area contributed by atoms with E-state index in [1.807, 2.05) is 70.6 Å². The second kappa shape index (κ2) is 8.59. The number of hydrogen-bond acceptors (Lipinski definition) is 4. The van der Waals surface area contributed by atoms with Crippen LogP contribution in [0, 0.1) is 12.7 Å². The highest BCUT2D eigenvalue weighted by molar-refractivity contribution is 7.13. The molecule has 4 aromatic rings. The highest BCUT2D eigenvalue weighted by Crippen LogP contribution is 2.27. The van der Waals surface area contributed by atoms with Crippen LogP contribution in [-0.2, 0) is 0 Å². The van der Waals surface area contributed by atoms with Crippen molar-refractivity contribution >= 4 is 22.9 Å². The smallest absolute Gasteiger partial charge is 0.272 e. The Balaban J connectivity index is 1.42. The fourth-order valence-electron chi connectivity index (χ4n) is 3.98. The number of benzene rings is 2. The van der Waals surface area contributed by atoms with Gasteiger partial charge in [0.05, 0.1) is 16.3 Å². The SMILES string of the molecule is Cc1ccc(-n2nc(-c3cccs3)cc2C(=O)N2CCN(c3ccccc3F)CC2)cc1. The average molecular weight is 447 g/mol. The highest BCUT2D eigenvalue weighted by atomic mass is 32.1. The minimum absolute atomic E-state index is 0.0611. The van der Waals surface area contributed by atoms with Crippen LogP contribution < -0.4 is 4.90 Å². The number of para-hydroxylation sites is 1. The molecule has 1 saturated heterocycles. The molecule has 1 aliphatic rings. The second-order valence-corrected chi connectivity index (χ2v) is 8.82.